The quantitative estimate of drug-likeness (QED) is 0.775. The van der Waals surface area contributed by atoms with Gasteiger partial charge in [-0.25, -0.2) is 0 Å². The third-order valence-corrected chi connectivity index (χ3v) is 5.67. The van der Waals surface area contributed by atoms with Crippen molar-refractivity contribution in [2.45, 2.75) is 46.0 Å². The van der Waals surface area contributed by atoms with Crippen LogP contribution in [0.5, 0.6) is 0 Å². The summed E-state index contributed by atoms with van der Waals surface area (Å²) in [5, 5.41) is 4.14. The summed E-state index contributed by atoms with van der Waals surface area (Å²) in [6.07, 6.45) is 5.28. The number of anilines is 1. The molecule has 2 aliphatic rings. The van der Waals surface area contributed by atoms with E-state index in [4.69, 9.17) is 4.52 Å². The minimum Gasteiger partial charge on any atom is -0.368 e. The lowest BCUT2D eigenvalue weighted by atomic mass is 10.1. The van der Waals surface area contributed by atoms with Crippen molar-refractivity contribution < 1.29 is 9.32 Å². The van der Waals surface area contributed by atoms with Crippen LogP contribution in [-0.4, -0.2) is 42.1 Å². The lowest BCUT2D eigenvalue weighted by Gasteiger charge is -2.36. The fourth-order valence-electron chi connectivity index (χ4n) is 4.09. The van der Waals surface area contributed by atoms with Crippen LogP contribution in [-0.2, 0) is 12.8 Å². The first-order valence-corrected chi connectivity index (χ1v) is 9.72. The SMILES string of the molecule is Cc1ccc(C)c(N2CCN(C(=O)c3noc4c3CCCCC4)CC2)c1. The summed E-state index contributed by atoms with van der Waals surface area (Å²) >= 11 is 0. The normalized spacial score (nSPS) is 17.8. The average molecular weight is 353 g/mol. The van der Waals surface area contributed by atoms with E-state index in [1.807, 2.05) is 4.90 Å². The minimum atomic E-state index is 0.0394. The van der Waals surface area contributed by atoms with Gasteiger partial charge in [0.2, 0.25) is 0 Å². The maximum Gasteiger partial charge on any atom is 0.276 e. The highest BCUT2D eigenvalue weighted by atomic mass is 16.5. The molecule has 0 atom stereocenters. The Bertz CT molecular complexity index is 804. The Morgan fingerprint density at radius 2 is 1.81 bits per heavy atom. The number of aryl methyl sites for hydroxylation is 3. The first-order chi connectivity index (χ1) is 12.6. The lowest BCUT2D eigenvalue weighted by Crippen LogP contribution is -2.49. The molecule has 1 fully saturated rings. The number of amides is 1. The number of carbonyl (C=O) groups excluding carboxylic acids is 1. The van der Waals surface area contributed by atoms with Crippen molar-refractivity contribution in [2.24, 2.45) is 0 Å². The topological polar surface area (TPSA) is 49.6 Å². The van der Waals surface area contributed by atoms with Crippen LogP contribution in [0.25, 0.3) is 0 Å². The van der Waals surface area contributed by atoms with E-state index in [0.29, 0.717) is 5.69 Å². The molecule has 1 aliphatic carbocycles. The fourth-order valence-corrected chi connectivity index (χ4v) is 4.09. The third-order valence-electron chi connectivity index (χ3n) is 5.67. The molecule has 1 aliphatic heterocycles. The van der Waals surface area contributed by atoms with Gasteiger partial charge in [0, 0.05) is 43.9 Å². The highest BCUT2D eigenvalue weighted by molar-refractivity contribution is 5.94. The Kier molecular flexibility index (Phi) is 4.70. The molecule has 4 rings (SSSR count). The number of hydrogen-bond acceptors (Lipinski definition) is 4. The van der Waals surface area contributed by atoms with Crippen LogP contribution in [0.15, 0.2) is 22.7 Å². The van der Waals surface area contributed by atoms with Gasteiger partial charge < -0.3 is 14.3 Å². The summed E-state index contributed by atoms with van der Waals surface area (Å²) < 4.78 is 5.49. The van der Waals surface area contributed by atoms with Crippen molar-refractivity contribution >= 4 is 11.6 Å². The molecule has 26 heavy (non-hydrogen) atoms. The molecule has 1 aromatic carbocycles. The van der Waals surface area contributed by atoms with Crippen LogP contribution < -0.4 is 4.90 Å². The molecule has 0 N–H and O–H groups in total. The van der Waals surface area contributed by atoms with Gasteiger partial charge in [-0.05, 0) is 50.3 Å². The smallest absolute Gasteiger partial charge is 0.276 e. The van der Waals surface area contributed by atoms with Gasteiger partial charge in [0.05, 0.1) is 0 Å². The number of benzene rings is 1. The predicted octanol–water partition coefficient (Wildman–Crippen LogP) is 3.52. The van der Waals surface area contributed by atoms with Crippen molar-refractivity contribution in [3.05, 3.63) is 46.3 Å². The molecular formula is C21H27N3O2. The molecule has 1 amide bonds. The molecule has 5 heteroatoms. The molecule has 0 saturated carbocycles. The molecule has 5 nitrogen and oxygen atoms in total. The lowest BCUT2D eigenvalue weighted by molar-refractivity contribution is 0.0735. The van der Waals surface area contributed by atoms with Gasteiger partial charge in [0.15, 0.2) is 5.69 Å². The van der Waals surface area contributed by atoms with Crippen LogP contribution >= 0.6 is 0 Å². The molecule has 138 valence electrons. The minimum absolute atomic E-state index is 0.0394. The molecule has 1 aromatic heterocycles. The van der Waals surface area contributed by atoms with Crippen LogP contribution in [0, 0.1) is 13.8 Å². The molecule has 1 saturated heterocycles. The molecular weight excluding hydrogens is 326 g/mol. The summed E-state index contributed by atoms with van der Waals surface area (Å²) in [4.78, 5) is 17.3. The van der Waals surface area contributed by atoms with Crippen molar-refractivity contribution in [2.75, 3.05) is 31.1 Å². The standard InChI is InChI=1S/C21H27N3O2/c1-15-8-9-16(2)18(14-15)23-10-12-24(13-11-23)21(25)20-17-6-4-3-5-7-19(17)26-22-20/h8-9,14H,3-7,10-13H2,1-2H3. The zero-order chi connectivity index (χ0) is 18.1. The second-order valence-corrected chi connectivity index (χ2v) is 7.56. The summed E-state index contributed by atoms with van der Waals surface area (Å²) in [5.41, 5.74) is 5.46. The Labute approximate surface area is 155 Å². The van der Waals surface area contributed by atoms with E-state index in [0.717, 1.165) is 63.2 Å². The van der Waals surface area contributed by atoms with E-state index in [9.17, 15) is 4.79 Å². The highest BCUT2D eigenvalue weighted by Gasteiger charge is 2.29. The number of rotatable bonds is 2. The van der Waals surface area contributed by atoms with Gasteiger partial charge in [-0.2, -0.15) is 0 Å². The van der Waals surface area contributed by atoms with Gasteiger partial charge >= 0.3 is 0 Å². The average Bonchev–Trinajstić information content (AvgIpc) is 2.91. The molecule has 2 heterocycles. The second kappa shape index (κ2) is 7.14. The van der Waals surface area contributed by atoms with Crippen LogP contribution in [0.3, 0.4) is 0 Å². The maximum absolute atomic E-state index is 13.0. The van der Waals surface area contributed by atoms with Crippen molar-refractivity contribution in [3.63, 3.8) is 0 Å². The molecule has 0 unspecified atom stereocenters. The number of fused-ring (bicyclic) bond motifs is 1. The number of hydrogen-bond donors (Lipinski definition) is 0. The summed E-state index contributed by atoms with van der Waals surface area (Å²) in [6, 6.07) is 6.56. The Morgan fingerprint density at radius 3 is 2.62 bits per heavy atom. The van der Waals surface area contributed by atoms with E-state index in [-0.39, 0.29) is 5.91 Å². The van der Waals surface area contributed by atoms with Crippen molar-refractivity contribution in [3.8, 4) is 0 Å². The zero-order valence-electron chi connectivity index (χ0n) is 15.8. The predicted molar refractivity (Wildman–Crippen MR) is 102 cm³/mol. The molecule has 0 bridgehead atoms. The zero-order valence-corrected chi connectivity index (χ0v) is 15.8. The van der Waals surface area contributed by atoms with Crippen molar-refractivity contribution in [1.82, 2.24) is 10.1 Å². The second-order valence-electron chi connectivity index (χ2n) is 7.56. The van der Waals surface area contributed by atoms with Gasteiger partial charge in [0.25, 0.3) is 5.91 Å². The molecule has 0 radical (unpaired) electrons. The summed E-state index contributed by atoms with van der Waals surface area (Å²) in [7, 11) is 0. The Hall–Kier alpha value is -2.30. The summed E-state index contributed by atoms with van der Waals surface area (Å²) in [5.74, 6) is 0.970. The Balaban J connectivity index is 1.46. The van der Waals surface area contributed by atoms with Gasteiger partial charge in [-0.3, -0.25) is 4.79 Å². The van der Waals surface area contributed by atoms with E-state index in [1.165, 1.54) is 23.2 Å². The van der Waals surface area contributed by atoms with Gasteiger partial charge in [-0.1, -0.05) is 23.7 Å². The number of nitrogens with zero attached hydrogens (tertiary/aromatic N) is 3. The van der Waals surface area contributed by atoms with Crippen LogP contribution in [0.1, 0.15) is 52.2 Å². The number of aromatic nitrogens is 1. The monoisotopic (exact) mass is 353 g/mol. The summed E-state index contributed by atoms with van der Waals surface area (Å²) in [6.45, 7) is 7.45. The van der Waals surface area contributed by atoms with E-state index in [2.05, 4.69) is 42.1 Å². The van der Waals surface area contributed by atoms with Gasteiger partial charge in [-0.15, -0.1) is 0 Å². The Morgan fingerprint density at radius 1 is 1.04 bits per heavy atom. The van der Waals surface area contributed by atoms with Gasteiger partial charge in [0.1, 0.15) is 5.76 Å². The van der Waals surface area contributed by atoms with E-state index in [1.54, 1.807) is 0 Å². The number of carbonyl (C=O) groups is 1. The van der Waals surface area contributed by atoms with Crippen molar-refractivity contribution in [1.29, 1.82) is 0 Å². The van der Waals surface area contributed by atoms with Crippen LogP contribution in [0.2, 0.25) is 0 Å². The first-order valence-electron chi connectivity index (χ1n) is 9.72. The van der Waals surface area contributed by atoms with Crippen LogP contribution in [0.4, 0.5) is 5.69 Å². The van der Waals surface area contributed by atoms with E-state index >= 15 is 0 Å². The highest BCUT2D eigenvalue weighted by Crippen LogP contribution is 2.26. The van der Waals surface area contributed by atoms with E-state index < -0.39 is 0 Å². The molecule has 0 spiro atoms. The fraction of sp³-hybridized carbons (Fsp3) is 0.524. The number of piperazine rings is 1. The maximum atomic E-state index is 13.0. The third kappa shape index (κ3) is 3.22. The molecule has 2 aromatic rings. The first kappa shape index (κ1) is 17.1. The largest absolute Gasteiger partial charge is 0.368 e.